The first-order chi connectivity index (χ1) is 24.2. The quantitative estimate of drug-likeness (QED) is 0.203. The number of aromatic nitrogens is 3. The van der Waals surface area contributed by atoms with Crippen LogP contribution in [0, 0.1) is 18.8 Å². The van der Waals surface area contributed by atoms with Crippen molar-refractivity contribution in [1.82, 2.24) is 19.9 Å². The summed E-state index contributed by atoms with van der Waals surface area (Å²) in [5.41, 5.74) is 3.71. The molecule has 1 aliphatic heterocycles. The van der Waals surface area contributed by atoms with Gasteiger partial charge in [0.05, 0.1) is 38.1 Å². The number of methoxy groups -OCH3 is 1. The number of ether oxygens (including phenoxy) is 3. The first kappa shape index (κ1) is 34.5. The van der Waals surface area contributed by atoms with Crippen molar-refractivity contribution < 1.29 is 28.2 Å². The molecule has 11 nitrogen and oxygen atoms in total. The summed E-state index contributed by atoms with van der Waals surface area (Å²) in [4.78, 5) is 45.1. The van der Waals surface area contributed by atoms with E-state index in [4.69, 9.17) is 33.6 Å². The molecule has 7 rings (SSSR count). The normalized spacial score (nSPS) is 24.1. The van der Waals surface area contributed by atoms with E-state index in [1.54, 1.807) is 24.5 Å². The molecule has 3 aromatic heterocycles. The Morgan fingerprint density at radius 2 is 1.68 bits per heavy atom. The molecule has 3 aromatic rings. The number of oxazole rings is 1. The minimum Gasteiger partial charge on any atom is -0.495 e. The van der Waals surface area contributed by atoms with Crippen LogP contribution in [-0.4, -0.2) is 76.9 Å². The minimum absolute atomic E-state index is 0.0805. The number of hydrogen-bond donors (Lipinski definition) is 0. The minimum atomic E-state index is -0.278. The van der Waals surface area contributed by atoms with Crippen LogP contribution in [0.3, 0.4) is 0 Å². The summed E-state index contributed by atoms with van der Waals surface area (Å²) in [5, 5.41) is 0. The average molecular weight is 686 g/mol. The van der Waals surface area contributed by atoms with Gasteiger partial charge in [0.1, 0.15) is 29.6 Å². The lowest BCUT2D eigenvalue weighted by atomic mass is 9.79. The molecular formula is C39H51N5O6. The van der Waals surface area contributed by atoms with Crippen molar-refractivity contribution in [2.45, 2.75) is 115 Å². The monoisotopic (exact) mass is 685 g/mol. The Labute approximate surface area is 295 Å². The van der Waals surface area contributed by atoms with Gasteiger partial charge in [-0.3, -0.25) is 14.7 Å². The van der Waals surface area contributed by atoms with Gasteiger partial charge in [-0.05, 0) is 115 Å². The Bertz CT molecular complexity index is 1630. The second-order valence-corrected chi connectivity index (χ2v) is 15.0. The lowest BCUT2D eigenvalue weighted by Crippen LogP contribution is -2.56. The van der Waals surface area contributed by atoms with Gasteiger partial charge in [-0.25, -0.2) is 14.8 Å². The van der Waals surface area contributed by atoms with Crippen molar-refractivity contribution in [3.8, 4) is 17.0 Å². The number of anilines is 1. The van der Waals surface area contributed by atoms with Crippen molar-refractivity contribution in [3.05, 3.63) is 54.0 Å². The van der Waals surface area contributed by atoms with Crippen molar-refractivity contribution in [2.75, 3.05) is 31.6 Å². The van der Waals surface area contributed by atoms with E-state index in [1.165, 1.54) is 0 Å². The highest BCUT2D eigenvalue weighted by molar-refractivity contribution is 5.94. The number of pyridine rings is 2. The predicted octanol–water partition coefficient (Wildman–Crippen LogP) is 7.44. The number of carbonyl (C=O) groups excluding carboxylic acids is 2. The van der Waals surface area contributed by atoms with E-state index in [-0.39, 0.29) is 36.2 Å². The van der Waals surface area contributed by atoms with Crippen LogP contribution in [0.2, 0.25) is 0 Å². The van der Waals surface area contributed by atoms with E-state index in [9.17, 15) is 9.59 Å². The van der Waals surface area contributed by atoms with Crippen LogP contribution < -0.4 is 9.64 Å². The number of hydrogen-bond acceptors (Lipinski definition) is 9. The Balaban J connectivity index is 1.01. The molecule has 50 heavy (non-hydrogen) atoms. The second kappa shape index (κ2) is 15.1. The van der Waals surface area contributed by atoms with Gasteiger partial charge < -0.3 is 23.5 Å². The van der Waals surface area contributed by atoms with E-state index in [0.29, 0.717) is 68.9 Å². The fourth-order valence-electron chi connectivity index (χ4n) is 7.79. The van der Waals surface area contributed by atoms with E-state index < -0.39 is 0 Å². The highest BCUT2D eigenvalue weighted by atomic mass is 16.6. The lowest BCUT2D eigenvalue weighted by Gasteiger charge is -2.40. The summed E-state index contributed by atoms with van der Waals surface area (Å²) in [6, 6.07) is 8.03. The van der Waals surface area contributed by atoms with Gasteiger partial charge in [0.25, 0.3) is 0 Å². The van der Waals surface area contributed by atoms with Crippen LogP contribution in [0.1, 0.15) is 107 Å². The number of aryl methyl sites for hydroxylation is 1. The summed E-state index contributed by atoms with van der Waals surface area (Å²) in [7, 11) is 1.68. The summed E-state index contributed by atoms with van der Waals surface area (Å²) >= 11 is 0. The summed E-state index contributed by atoms with van der Waals surface area (Å²) in [6.07, 6.45) is 12.3. The fourth-order valence-corrected chi connectivity index (χ4v) is 7.79. The highest BCUT2D eigenvalue weighted by Gasteiger charge is 2.37. The zero-order chi connectivity index (χ0) is 34.8. The fraction of sp³-hybridized carbons (Fsp3) is 0.615. The zero-order valence-electron chi connectivity index (χ0n) is 29.9. The molecular weight excluding hydrogens is 634 g/mol. The molecule has 0 spiro atoms. The summed E-state index contributed by atoms with van der Waals surface area (Å²) in [5.74, 6) is 3.38. The first-order valence-electron chi connectivity index (χ1n) is 18.6. The molecule has 0 N–H and O–H groups in total. The summed E-state index contributed by atoms with van der Waals surface area (Å²) in [6.45, 7) is 7.76. The third-order valence-electron chi connectivity index (χ3n) is 10.9. The standard InChI is InChI=1S/C39H51N5O6/c1-24(2)49-32-21-43(22-32)39(46)50-31-13-11-29(12-14-31)38(45)44(36-19-30(17-18-40-36)34-23-48-37(42-34)28-9-10-28)20-26-5-7-27(8-6-26)33-15-16-35(47-4)25(3)41-33/h15-19,23-24,26-29,31-32H,5-14,20-22H2,1-4H3/t26-,27-,29-,31-. The molecule has 0 radical (unpaired) electrons. The van der Waals surface area contributed by atoms with Gasteiger partial charge in [0, 0.05) is 41.8 Å². The smallest absolute Gasteiger partial charge is 0.410 e. The highest BCUT2D eigenvalue weighted by Crippen LogP contribution is 2.41. The van der Waals surface area contributed by atoms with Crippen molar-refractivity contribution in [2.24, 2.45) is 11.8 Å². The molecule has 0 bridgehead atoms. The maximum atomic E-state index is 14.4. The van der Waals surface area contributed by atoms with Gasteiger partial charge in [-0.1, -0.05) is 0 Å². The van der Waals surface area contributed by atoms with Gasteiger partial charge >= 0.3 is 6.09 Å². The van der Waals surface area contributed by atoms with Crippen molar-refractivity contribution in [3.63, 3.8) is 0 Å². The summed E-state index contributed by atoms with van der Waals surface area (Å²) < 4.78 is 22.9. The van der Waals surface area contributed by atoms with E-state index in [2.05, 4.69) is 6.07 Å². The SMILES string of the molecule is COc1ccc([C@H]2CC[C@H](CN(c3cc(-c4coc(C5CC5)n4)ccn3)C(=O)[C@H]3CC[C@H](OC(=O)N4CC(OC(C)C)C4)CC3)CC2)nc1C. The second-order valence-electron chi connectivity index (χ2n) is 15.0. The van der Waals surface area contributed by atoms with Gasteiger partial charge in [0.2, 0.25) is 5.91 Å². The van der Waals surface area contributed by atoms with E-state index in [1.807, 2.05) is 43.9 Å². The van der Waals surface area contributed by atoms with Crippen LogP contribution in [0.4, 0.5) is 10.6 Å². The Kier molecular flexibility index (Phi) is 10.4. The van der Waals surface area contributed by atoms with Gasteiger partial charge in [-0.2, -0.15) is 0 Å². The average Bonchev–Trinajstić information content (AvgIpc) is 3.84. The number of likely N-dealkylation sites (tertiary alicyclic amines) is 1. The number of carbonyl (C=O) groups is 2. The molecule has 1 saturated heterocycles. The maximum Gasteiger partial charge on any atom is 0.410 e. The number of nitrogens with zero attached hydrogens (tertiary/aromatic N) is 5. The largest absolute Gasteiger partial charge is 0.495 e. The Morgan fingerprint density at radius 1 is 0.940 bits per heavy atom. The molecule has 4 fully saturated rings. The lowest BCUT2D eigenvalue weighted by molar-refractivity contribution is -0.124. The van der Waals surface area contributed by atoms with Crippen LogP contribution in [-0.2, 0) is 14.3 Å². The molecule has 0 unspecified atom stereocenters. The predicted molar refractivity (Wildman–Crippen MR) is 188 cm³/mol. The molecule has 0 atom stereocenters. The van der Waals surface area contributed by atoms with Crippen LogP contribution in [0.25, 0.3) is 11.3 Å². The molecule has 4 aliphatic rings. The van der Waals surface area contributed by atoms with Crippen molar-refractivity contribution >= 4 is 17.8 Å². The Morgan fingerprint density at radius 3 is 2.36 bits per heavy atom. The number of amides is 2. The third-order valence-corrected chi connectivity index (χ3v) is 10.9. The maximum absolute atomic E-state index is 14.4. The van der Waals surface area contributed by atoms with Gasteiger partial charge in [-0.15, -0.1) is 0 Å². The Hall–Kier alpha value is -3.99. The molecule has 2 amide bonds. The first-order valence-corrected chi connectivity index (χ1v) is 18.6. The zero-order valence-corrected chi connectivity index (χ0v) is 29.9. The molecule has 3 aliphatic carbocycles. The van der Waals surface area contributed by atoms with Crippen molar-refractivity contribution in [1.29, 1.82) is 0 Å². The van der Waals surface area contributed by atoms with Crippen LogP contribution in [0.15, 0.2) is 41.1 Å². The molecule has 0 aromatic carbocycles. The van der Waals surface area contributed by atoms with Gasteiger partial charge in [0.15, 0.2) is 5.89 Å². The molecule has 3 saturated carbocycles. The topological polar surface area (TPSA) is 120 Å². The molecule has 11 heteroatoms. The van der Waals surface area contributed by atoms with E-state index in [0.717, 1.165) is 72.8 Å². The molecule has 4 heterocycles. The number of rotatable bonds is 11. The van der Waals surface area contributed by atoms with Crippen LogP contribution >= 0.6 is 0 Å². The third kappa shape index (κ3) is 7.98. The van der Waals surface area contributed by atoms with Crippen LogP contribution in [0.5, 0.6) is 5.75 Å². The van der Waals surface area contributed by atoms with E-state index >= 15 is 0 Å². The molecule has 268 valence electrons.